The molecule has 0 atom stereocenters. The minimum Gasteiger partial charge on any atom is -0.506 e. The predicted octanol–water partition coefficient (Wildman–Crippen LogP) is 7.80. The first-order chi connectivity index (χ1) is 22.0. The van der Waals surface area contributed by atoms with Crippen molar-refractivity contribution < 1.29 is 15.3 Å². The summed E-state index contributed by atoms with van der Waals surface area (Å²) in [5.41, 5.74) is 9.12. The van der Waals surface area contributed by atoms with E-state index in [1.807, 2.05) is 55.0 Å². The Morgan fingerprint density at radius 1 is 0.356 bits per heavy atom. The standard InChI is InChI=1S/C39H33N3O3/c43-34-7-1-4-31-19-28(22-40-37(31)34)13-10-25-16-26(11-14-29-20-32-5-2-8-35(44)38(32)41-23-29)18-27(17-25)12-15-30-21-33-6-3-9-36(45)39(33)42-24-30/h1-9,16-24,43-45H,10-15H2. The van der Waals surface area contributed by atoms with E-state index in [1.165, 1.54) is 16.7 Å². The van der Waals surface area contributed by atoms with Gasteiger partial charge in [-0.2, -0.15) is 0 Å². The number of aryl methyl sites for hydroxylation is 6. The Morgan fingerprint density at radius 3 is 0.956 bits per heavy atom. The Balaban J connectivity index is 1.12. The van der Waals surface area contributed by atoms with Gasteiger partial charge in [0.25, 0.3) is 0 Å². The Labute approximate surface area is 261 Å². The van der Waals surface area contributed by atoms with Crippen LogP contribution in [0.25, 0.3) is 32.7 Å². The number of aromatic hydroxyl groups is 3. The molecule has 7 aromatic rings. The lowest BCUT2D eigenvalue weighted by Gasteiger charge is -2.12. The van der Waals surface area contributed by atoms with Crippen molar-refractivity contribution in [2.45, 2.75) is 38.5 Å². The molecule has 4 aromatic carbocycles. The average Bonchev–Trinajstić information content (AvgIpc) is 3.06. The summed E-state index contributed by atoms with van der Waals surface area (Å²) in [5.74, 6) is 0.606. The SMILES string of the molecule is Oc1cccc2cc(CCc3cc(CCc4cnc5c(O)cccc5c4)cc(CCc4cnc5c(O)cccc5c4)c3)cnc12. The highest BCUT2D eigenvalue weighted by Gasteiger charge is 2.09. The number of benzene rings is 4. The smallest absolute Gasteiger partial charge is 0.141 e. The number of pyridine rings is 3. The molecule has 0 spiro atoms. The van der Waals surface area contributed by atoms with Gasteiger partial charge in [-0.15, -0.1) is 0 Å². The van der Waals surface area contributed by atoms with Gasteiger partial charge in [0, 0.05) is 34.7 Å². The van der Waals surface area contributed by atoms with E-state index in [0.717, 1.165) is 71.4 Å². The molecule has 0 saturated heterocycles. The second kappa shape index (κ2) is 12.2. The molecule has 0 radical (unpaired) electrons. The van der Waals surface area contributed by atoms with E-state index >= 15 is 0 Å². The Kier molecular flexibility index (Phi) is 7.70. The van der Waals surface area contributed by atoms with Gasteiger partial charge in [-0.25, -0.2) is 0 Å². The third-order valence-electron chi connectivity index (χ3n) is 8.46. The summed E-state index contributed by atoms with van der Waals surface area (Å²) in [6.07, 6.45) is 10.7. The van der Waals surface area contributed by atoms with Gasteiger partial charge in [0.05, 0.1) is 0 Å². The molecule has 6 heteroatoms. The van der Waals surface area contributed by atoms with Crippen molar-refractivity contribution in [1.82, 2.24) is 15.0 Å². The zero-order valence-electron chi connectivity index (χ0n) is 24.8. The molecule has 6 nitrogen and oxygen atoms in total. The van der Waals surface area contributed by atoms with Gasteiger partial charge >= 0.3 is 0 Å². The second-order valence-corrected chi connectivity index (χ2v) is 11.7. The minimum atomic E-state index is 0.202. The average molecular weight is 592 g/mol. The Morgan fingerprint density at radius 2 is 0.644 bits per heavy atom. The molecule has 0 fully saturated rings. The summed E-state index contributed by atoms with van der Waals surface area (Å²) in [7, 11) is 0. The highest BCUT2D eigenvalue weighted by atomic mass is 16.3. The number of hydrogen-bond donors (Lipinski definition) is 3. The Bertz CT molecular complexity index is 1920. The lowest BCUT2D eigenvalue weighted by atomic mass is 9.94. The first kappa shape index (κ1) is 28.3. The fraction of sp³-hybridized carbons (Fsp3) is 0.154. The topological polar surface area (TPSA) is 99.4 Å². The van der Waals surface area contributed by atoms with E-state index in [0.29, 0.717) is 16.6 Å². The minimum absolute atomic E-state index is 0.202. The maximum Gasteiger partial charge on any atom is 0.141 e. The molecule has 3 heterocycles. The molecule has 0 aliphatic carbocycles. The lowest BCUT2D eigenvalue weighted by molar-refractivity contribution is 0.480. The van der Waals surface area contributed by atoms with Crippen molar-refractivity contribution in [3.8, 4) is 17.2 Å². The fourth-order valence-corrected chi connectivity index (χ4v) is 6.12. The molecule has 7 rings (SSSR count). The number of rotatable bonds is 9. The van der Waals surface area contributed by atoms with Gasteiger partial charge in [-0.1, -0.05) is 54.6 Å². The quantitative estimate of drug-likeness (QED) is 0.158. The number of phenols is 3. The van der Waals surface area contributed by atoms with Gasteiger partial charge in [0.1, 0.15) is 33.8 Å². The van der Waals surface area contributed by atoms with Gasteiger partial charge in [-0.05, 0) is 108 Å². The monoisotopic (exact) mass is 591 g/mol. The maximum absolute atomic E-state index is 10.1. The summed E-state index contributed by atoms with van der Waals surface area (Å²) in [6, 6.07) is 29.8. The molecular formula is C39H33N3O3. The van der Waals surface area contributed by atoms with E-state index in [1.54, 1.807) is 18.2 Å². The molecule has 222 valence electrons. The van der Waals surface area contributed by atoms with Crippen LogP contribution in [0.1, 0.15) is 33.4 Å². The zero-order chi connectivity index (χ0) is 30.8. The van der Waals surface area contributed by atoms with E-state index in [4.69, 9.17) is 0 Å². The lowest BCUT2D eigenvalue weighted by Crippen LogP contribution is -2.00. The predicted molar refractivity (Wildman–Crippen MR) is 179 cm³/mol. The van der Waals surface area contributed by atoms with Gasteiger partial charge in [0.15, 0.2) is 0 Å². The maximum atomic E-state index is 10.1. The normalized spacial score (nSPS) is 11.5. The highest BCUT2D eigenvalue weighted by molar-refractivity contribution is 5.85. The number of hydrogen-bond acceptors (Lipinski definition) is 6. The van der Waals surface area contributed by atoms with Crippen LogP contribution in [0, 0.1) is 0 Å². The summed E-state index contributed by atoms with van der Waals surface area (Å²) >= 11 is 0. The van der Waals surface area contributed by atoms with Crippen LogP contribution in [0.5, 0.6) is 17.2 Å². The van der Waals surface area contributed by atoms with Crippen LogP contribution >= 0.6 is 0 Å². The van der Waals surface area contributed by atoms with E-state index < -0.39 is 0 Å². The third kappa shape index (κ3) is 6.27. The van der Waals surface area contributed by atoms with Crippen molar-refractivity contribution in [2.24, 2.45) is 0 Å². The number of nitrogens with zero attached hydrogens (tertiary/aromatic N) is 3. The molecule has 3 N–H and O–H groups in total. The summed E-state index contributed by atoms with van der Waals surface area (Å²) in [6.45, 7) is 0. The fourth-order valence-electron chi connectivity index (χ4n) is 6.12. The van der Waals surface area contributed by atoms with Crippen LogP contribution < -0.4 is 0 Å². The summed E-state index contributed by atoms with van der Waals surface area (Å²) < 4.78 is 0. The zero-order valence-corrected chi connectivity index (χ0v) is 24.8. The van der Waals surface area contributed by atoms with E-state index in [2.05, 4.69) is 51.4 Å². The largest absolute Gasteiger partial charge is 0.506 e. The molecule has 0 bridgehead atoms. The summed E-state index contributed by atoms with van der Waals surface area (Å²) in [4.78, 5) is 13.5. The van der Waals surface area contributed by atoms with Crippen molar-refractivity contribution in [2.75, 3.05) is 0 Å². The number of phenolic OH excluding ortho intramolecular Hbond substituents is 3. The second-order valence-electron chi connectivity index (χ2n) is 11.7. The highest BCUT2D eigenvalue weighted by Crippen LogP contribution is 2.26. The molecular weight excluding hydrogens is 558 g/mol. The summed E-state index contributed by atoms with van der Waals surface area (Å²) in [5, 5.41) is 33.2. The third-order valence-corrected chi connectivity index (χ3v) is 8.46. The number of para-hydroxylation sites is 3. The number of aromatic nitrogens is 3. The van der Waals surface area contributed by atoms with Crippen LogP contribution in [-0.2, 0) is 38.5 Å². The molecule has 3 aromatic heterocycles. The van der Waals surface area contributed by atoms with Crippen LogP contribution in [-0.4, -0.2) is 30.3 Å². The van der Waals surface area contributed by atoms with Crippen LogP contribution in [0.2, 0.25) is 0 Å². The van der Waals surface area contributed by atoms with Gasteiger partial charge < -0.3 is 15.3 Å². The first-order valence-corrected chi connectivity index (χ1v) is 15.3. The molecule has 0 amide bonds. The number of fused-ring (bicyclic) bond motifs is 3. The van der Waals surface area contributed by atoms with Gasteiger partial charge in [0.2, 0.25) is 0 Å². The molecule has 45 heavy (non-hydrogen) atoms. The van der Waals surface area contributed by atoms with E-state index in [9.17, 15) is 15.3 Å². The van der Waals surface area contributed by atoms with Crippen LogP contribution in [0.15, 0.2) is 110 Å². The molecule has 0 saturated carbocycles. The van der Waals surface area contributed by atoms with Crippen molar-refractivity contribution in [1.29, 1.82) is 0 Å². The van der Waals surface area contributed by atoms with Gasteiger partial charge in [-0.3, -0.25) is 15.0 Å². The van der Waals surface area contributed by atoms with Crippen molar-refractivity contribution in [3.63, 3.8) is 0 Å². The first-order valence-electron chi connectivity index (χ1n) is 15.3. The van der Waals surface area contributed by atoms with Crippen molar-refractivity contribution in [3.05, 3.63) is 143 Å². The van der Waals surface area contributed by atoms with Crippen molar-refractivity contribution >= 4 is 32.7 Å². The molecule has 0 aliphatic rings. The van der Waals surface area contributed by atoms with E-state index in [-0.39, 0.29) is 17.2 Å². The molecule has 0 unspecified atom stereocenters. The Hall–Kier alpha value is -5.49. The van der Waals surface area contributed by atoms with Crippen LogP contribution in [0.3, 0.4) is 0 Å². The molecule has 0 aliphatic heterocycles. The van der Waals surface area contributed by atoms with Crippen LogP contribution in [0.4, 0.5) is 0 Å².